The van der Waals surface area contributed by atoms with E-state index in [4.69, 9.17) is 11.6 Å². The third-order valence-corrected chi connectivity index (χ3v) is 6.04. The minimum absolute atomic E-state index is 0.0618. The Morgan fingerprint density at radius 2 is 2.00 bits per heavy atom. The number of nitrogens with zero attached hydrogens (tertiary/aromatic N) is 2. The molecular weight excluding hydrogens is 400 g/mol. The second-order valence-corrected chi connectivity index (χ2v) is 9.08. The molecule has 5 nitrogen and oxygen atoms in total. The summed E-state index contributed by atoms with van der Waals surface area (Å²) >= 11 is 8.77. The van der Waals surface area contributed by atoms with Gasteiger partial charge in [0.15, 0.2) is 4.34 Å². The van der Waals surface area contributed by atoms with E-state index in [1.54, 1.807) is 0 Å². The summed E-state index contributed by atoms with van der Waals surface area (Å²) in [6, 6.07) is 13.4. The molecule has 0 aliphatic carbocycles. The lowest BCUT2D eigenvalue weighted by Crippen LogP contribution is -2.22. The van der Waals surface area contributed by atoms with Crippen LogP contribution in [-0.2, 0) is 4.79 Å². The van der Waals surface area contributed by atoms with Gasteiger partial charge in [-0.25, -0.2) is 0 Å². The van der Waals surface area contributed by atoms with E-state index < -0.39 is 0 Å². The fourth-order valence-corrected chi connectivity index (χ4v) is 4.41. The van der Waals surface area contributed by atoms with Crippen LogP contribution in [0.3, 0.4) is 0 Å². The number of thioether (sulfide) groups is 1. The van der Waals surface area contributed by atoms with E-state index in [9.17, 15) is 4.79 Å². The molecular formula is C19H19ClN4OS2. The molecule has 1 atom stereocenters. The Bertz CT molecular complexity index is 960. The van der Waals surface area contributed by atoms with Crippen LogP contribution in [-0.4, -0.2) is 21.4 Å². The van der Waals surface area contributed by atoms with E-state index in [1.807, 2.05) is 63.2 Å². The molecule has 1 aromatic heterocycles. The number of aromatic nitrogens is 2. The number of anilines is 3. The Kier molecular flexibility index (Phi) is 6.36. The van der Waals surface area contributed by atoms with Crippen molar-refractivity contribution >= 4 is 57.1 Å². The smallest absolute Gasteiger partial charge is 0.237 e. The number of hydrogen-bond donors (Lipinski definition) is 2. The number of amides is 1. The summed E-state index contributed by atoms with van der Waals surface area (Å²) in [5, 5.41) is 15.4. The minimum atomic E-state index is -0.295. The van der Waals surface area contributed by atoms with Crippen molar-refractivity contribution in [1.29, 1.82) is 0 Å². The van der Waals surface area contributed by atoms with Crippen molar-refractivity contribution in [3.8, 4) is 0 Å². The number of nitrogens with one attached hydrogen (secondary N) is 2. The first-order valence-electron chi connectivity index (χ1n) is 8.31. The SMILES string of the molecule is Cc1ccc(C)c(NC(=O)[C@@H](C)Sc2nnc(Nc3cccc(Cl)c3)s2)c1. The highest BCUT2D eigenvalue weighted by atomic mass is 35.5. The quantitative estimate of drug-likeness (QED) is 0.504. The van der Waals surface area contributed by atoms with Crippen molar-refractivity contribution in [3.63, 3.8) is 0 Å². The molecule has 8 heteroatoms. The van der Waals surface area contributed by atoms with Crippen molar-refractivity contribution in [2.75, 3.05) is 10.6 Å². The largest absolute Gasteiger partial charge is 0.330 e. The lowest BCUT2D eigenvalue weighted by Gasteiger charge is -2.12. The highest BCUT2D eigenvalue weighted by molar-refractivity contribution is 8.02. The van der Waals surface area contributed by atoms with Crippen molar-refractivity contribution in [2.24, 2.45) is 0 Å². The second kappa shape index (κ2) is 8.73. The van der Waals surface area contributed by atoms with Crippen LogP contribution in [0.2, 0.25) is 5.02 Å². The van der Waals surface area contributed by atoms with Gasteiger partial charge in [-0.2, -0.15) is 0 Å². The van der Waals surface area contributed by atoms with Crippen LogP contribution in [0.1, 0.15) is 18.1 Å². The van der Waals surface area contributed by atoms with Crippen LogP contribution < -0.4 is 10.6 Å². The van der Waals surface area contributed by atoms with Crippen LogP contribution in [0.15, 0.2) is 46.8 Å². The number of hydrogen-bond acceptors (Lipinski definition) is 6. The standard InChI is InChI=1S/C19H19ClN4OS2/c1-11-7-8-12(2)16(9-11)22-17(25)13(3)26-19-24-23-18(27-19)21-15-6-4-5-14(20)10-15/h4-10,13H,1-3H3,(H,21,23)(H,22,25)/t13-/m1/s1. The third kappa shape index (κ3) is 5.45. The van der Waals surface area contributed by atoms with Gasteiger partial charge >= 0.3 is 0 Å². The molecule has 0 unspecified atom stereocenters. The summed E-state index contributed by atoms with van der Waals surface area (Å²) in [5.74, 6) is -0.0618. The van der Waals surface area contributed by atoms with Gasteiger partial charge in [0.1, 0.15) is 0 Å². The molecule has 1 heterocycles. The lowest BCUT2D eigenvalue weighted by molar-refractivity contribution is -0.115. The highest BCUT2D eigenvalue weighted by Crippen LogP contribution is 2.31. The van der Waals surface area contributed by atoms with Gasteiger partial charge in [0, 0.05) is 16.4 Å². The maximum atomic E-state index is 12.5. The van der Waals surface area contributed by atoms with Crippen LogP contribution in [0.4, 0.5) is 16.5 Å². The molecule has 0 saturated carbocycles. The number of carbonyl (C=O) groups is 1. The molecule has 0 aliphatic rings. The van der Waals surface area contributed by atoms with Gasteiger partial charge in [0.2, 0.25) is 11.0 Å². The van der Waals surface area contributed by atoms with E-state index in [1.165, 1.54) is 23.1 Å². The first-order valence-corrected chi connectivity index (χ1v) is 10.4. The minimum Gasteiger partial charge on any atom is -0.330 e. The lowest BCUT2D eigenvalue weighted by atomic mass is 10.1. The van der Waals surface area contributed by atoms with Crippen molar-refractivity contribution in [3.05, 3.63) is 58.6 Å². The van der Waals surface area contributed by atoms with Crippen molar-refractivity contribution in [1.82, 2.24) is 10.2 Å². The Morgan fingerprint density at radius 1 is 1.19 bits per heavy atom. The summed E-state index contributed by atoms with van der Waals surface area (Å²) in [5.41, 5.74) is 3.83. The number of halogens is 1. The molecule has 0 bridgehead atoms. The third-order valence-electron chi connectivity index (χ3n) is 3.78. The van der Waals surface area contributed by atoms with Crippen molar-refractivity contribution in [2.45, 2.75) is 30.4 Å². The van der Waals surface area contributed by atoms with E-state index >= 15 is 0 Å². The molecule has 0 fully saturated rings. The Hall–Kier alpha value is -2.09. The van der Waals surface area contributed by atoms with Crippen LogP contribution in [0.25, 0.3) is 0 Å². The van der Waals surface area contributed by atoms with Crippen LogP contribution in [0.5, 0.6) is 0 Å². The van der Waals surface area contributed by atoms with E-state index in [2.05, 4.69) is 20.8 Å². The fraction of sp³-hybridized carbons (Fsp3) is 0.211. The average Bonchev–Trinajstić information content (AvgIpc) is 3.05. The molecule has 2 aromatic carbocycles. The predicted octanol–water partition coefficient (Wildman–Crippen LogP) is 5.67. The van der Waals surface area contributed by atoms with Crippen molar-refractivity contribution < 1.29 is 4.79 Å². The van der Waals surface area contributed by atoms with Gasteiger partial charge in [0.25, 0.3) is 0 Å². The number of benzene rings is 2. The van der Waals surface area contributed by atoms with E-state index in [0.717, 1.165) is 26.8 Å². The first kappa shape index (κ1) is 19.7. The Labute approximate surface area is 171 Å². The topological polar surface area (TPSA) is 66.9 Å². The highest BCUT2D eigenvalue weighted by Gasteiger charge is 2.18. The van der Waals surface area contributed by atoms with E-state index in [-0.39, 0.29) is 11.2 Å². The molecule has 3 rings (SSSR count). The molecule has 3 aromatic rings. The average molecular weight is 419 g/mol. The summed E-state index contributed by atoms with van der Waals surface area (Å²) in [6.07, 6.45) is 0. The maximum Gasteiger partial charge on any atom is 0.237 e. The van der Waals surface area contributed by atoms with Gasteiger partial charge < -0.3 is 10.6 Å². The zero-order chi connectivity index (χ0) is 19.4. The Morgan fingerprint density at radius 3 is 2.78 bits per heavy atom. The predicted molar refractivity (Wildman–Crippen MR) is 115 cm³/mol. The molecule has 1 amide bonds. The second-order valence-electron chi connectivity index (χ2n) is 6.08. The zero-order valence-electron chi connectivity index (χ0n) is 15.1. The number of carbonyl (C=O) groups excluding carboxylic acids is 1. The van der Waals surface area contributed by atoms with E-state index in [0.29, 0.717) is 10.2 Å². The van der Waals surface area contributed by atoms with Gasteiger partial charge in [0.05, 0.1) is 5.25 Å². The normalized spacial score (nSPS) is 11.9. The Balaban J connectivity index is 1.60. The molecule has 0 spiro atoms. The molecule has 27 heavy (non-hydrogen) atoms. The summed E-state index contributed by atoms with van der Waals surface area (Å²) < 4.78 is 0.725. The summed E-state index contributed by atoms with van der Waals surface area (Å²) in [6.45, 7) is 5.84. The van der Waals surface area contributed by atoms with Crippen LogP contribution >= 0.6 is 34.7 Å². The van der Waals surface area contributed by atoms with Gasteiger partial charge in [-0.05, 0) is 56.2 Å². The molecule has 2 N–H and O–H groups in total. The van der Waals surface area contributed by atoms with Gasteiger partial charge in [-0.3, -0.25) is 4.79 Å². The van der Waals surface area contributed by atoms with Crippen LogP contribution in [0, 0.1) is 13.8 Å². The molecule has 0 radical (unpaired) electrons. The summed E-state index contributed by atoms with van der Waals surface area (Å²) in [4.78, 5) is 12.5. The number of aryl methyl sites for hydroxylation is 2. The maximum absolute atomic E-state index is 12.5. The molecule has 0 saturated heterocycles. The monoisotopic (exact) mass is 418 g/mol. The zero-order valence-corrected chi connectivity index (χ0v) is 17.5. The molecule has 140 valence electrons. The fourth-order valence-electron chi connectivity index (χ4n) is 2.31. The first-order chi connectivity index (χ1) is 12.9. The van der Waals surface area contributed by atoms with Gasteiger partial charge in [-0.1, -0.05) is 52.9 Å². The van der Waals surface area contributed by atoms with Gasteiger partial charge in [-0.15, -0.1) is 10.2 Å². The molecule has 0 aliphatic heterocycles. The number of rotatable bonds is 6. The summed E-state index contributed by atoms with van der Waals surface area (Å²) in [7, 11) is 0.